The molecule has 200 valence electrons. The van der Waals surface area contributed by atoms with E-state index in [0.717, 1.165) is 32.1 Å². The van der Waals surface area contributed by atoms with Crippen LogP contribution in [0.5, 0.6) is 0 Å². The van der Waals surface area contributed by atoms with Crippen LogP contribution in [0.15, 0.2) is 78.9 Å². The van der Waals surface area contributed by atoms with Gasteiger partial charge in [0.25, 0.3) is 0 Å². The second-order valence-corrected chi connectivity index (χ2v) is 11.9. The van der Waals surface area contributed by atoms with Gasteiger partial charge in [0.1, 0.15) is 6.10 Å². The zero-order chi connectivity index (χ0) is 27.1. The van der Waals surface area contributed by atoms with Crippen molar-refractivity contribution in [2.45, 2.75) is 77.6 Å². The van der Waals surface area contributed by atoms with E-state index in [1.54, 1.807) is 0 Å². The van der Waals surface area contributed by atoms with E-state index in [0.29, 0.717) is 0 Å². The number of carbonyl (C=O) groups is 1. The Balaban J connectivity index is 1.22. The smallest absolute Gasteiger partial charge is 0.308 e. The summed E-state index contributed by atoms with van der Waals surface area (Å²) in [5.41, 5.74) is 0.780. The second-order valence-electron chi connectivity index (χ2n) is 11.9. The molecule has 0 N–H and O–H groups in total. The molecule has 0 aliphatic heterocycles. The standard InChI is InChI=1S/C36H38O3/c1-5-23(2)35(37)38-33-12-14-34(15-13-33)39-36(3,4)32-11-10-26-18-29-19-27-16-24-8-6-7-9-25(24)17-28(27)20-30(29)21-31(26)22-32/h6-11,16-23,33-34H,5,12-15H2,1-4H3. The summed E-state index contributed by atoms with van der Waals surface area (Å²) in [7, 11) is 0. The molecule has 1 fully saturated rings. The number of esters is 1. The molecule has 5 aromatic rings. The van der Waals surface area contributed by atoms with Crippen molar-refractivity contribution >= 4 is 49.1 Å². The maximum atomic E-state index is 12.2. The molecule has 0 spiro atoms. The highest BCUT2D eigenvalue weighted by Gasteiger charge is 2.31. The molecule has 1 aliphatic rings. The summed E-state index contributed by atoms with van der Waals surface area (Å²) < 4.78 is 12.4. The summed E-state index contributed by atoms with van der Waals surface area (Å²) in [6, 6.07) is 29.1. The predicted molar refractivity (Wildman–Crippen MR) is 162 cm³/mol. The number of carbonyl (C=O) groups excluding carboxylic acids is 1. The van der Waals surface area contributed by atoms with E-state index >= 15 is 0 Å². The Hall–Kier alpha value is -3.43. The maximum absolute atomic E-state index is 12.2. The van der Waals surface area contributed by atoms with Crippen LogP contribution in [-0.2, 0) is 19.9 Å². The van der Waals surface area contributed by atoms with Gasteiger partial charge in [0.05, 0.1) is 17.6 Å². The van der Waals surface area contributed by atoms with Gasteiger partial charge in [0, 0.05) is 0 Å². The van der Waals surface area contributed by atoms with E-state index in [4.69, 9.17) is 9.47 Å². The van der Waals surface area contributed by atoms with E-state index in [1.807, 2.05) is 13.8 Å². The van der Waals surface area contributed by atoms with Gasteiger partial charge in [-0.25, -0.2) is 0 Å². The third kappa shape index (κ3) is 5.25. The second kappa shape index (κ2) is 10.3. The third-order valence-corrected chi connectivity index (χ3v) is 8.69. The van der Waals surface area contributed by atoms with Crippen LogP contribution in [0.25, 0.3) is 43.1 Å². The van der Waals surface area contributed by atoms with Crippen LogP contribution in [0, 0.1) is 5.92 Å². The SMILES string of the molecule is CCC(C)C(=O)OC1CCC(OC(C)(C)c2ccc3cc4cc5cc6ccccc6cc5cc4cc3c2)CC1. The molecule has 0 bridgehead atoms. The van der Waals surface area contributed by atoms with Crippen LogP contribution >= 0.6 is 0 Å². The van der Waals surface area contributed by atoms with Crippen LogP contribution in [-0.4, -0.2) is 18.2 Å². The summed E-state index contributed by atoms with van der Waals surface area (Å²) in [4.78, 5) is 12.2. The van der Waals surface area contributed by atoms with Gasteiger partial charge in [-0.15, -0.1) is 0 Å². The monoisotopic (exact) mass is 518 g/mol. The van der Waals surface area contributed by atoms with Crippen LogP contribution < -0.4 is 0 Å². The van der Waals surface area contributed by atoms with Crippen molar-refractivity contribution in [1.82, 2.24) is 0 Å². The van der Waals surface area contributed by atoms with Crippen LogP contribution in [0.2, 0.25) is 0 Å². The lowest BCUT2D eigenvalue weighted by atomic mass is 9.91. The number of hydrogen-bond donors (Lipinski definition) is 0. The fourth-order valence-electron chi connectivity index (χ4n) is 6.02. The number of benzene rings is 5. The van der Waals surface area contributed by atoms with Gasteiger partial charge in [-0.1, -0.05) is 50.2 Å². The first-order valence-corrected chi connectivity index (χ1v) is 14.5. The summed E-state index contributed by atoms with van der Waals surface area (Å²) >= 11 is 0. The first kappa shape index (κ1) is 25.8. The molecule has 5 aromatic carbocycles. The Bertz CT molecular complexity index is 1670. The fourth-order valence-corrected chi connectivity index (χ4v) is 6.02. The molecule has 1 atom stereocenters. The first-order chi connectivity index (χ1) is 18.8. The van der Waals surface area contributed by atoms with Gasteiger partial charge >= 0.3 is 5.97 Å². The maximum Gasteiger partial charge on any atom is 0.308 e. The molecule has 0 radical (unpaired) electrons. The molecule has 1 saturated carbocycles. The van der Waals surface area contributed by atoms with E-state index in [1.165, 1.54) is 48.7 Å². The summed E-state index contributed by atoms with van der Waals surface area (Å²) in [5, 5.41) is 10.1. The van der Waals surface area contributed by atoms with E-state index < -0.39 is 5.60 Å². The summed E-state index contributed by atoms with van der Waals surface area (Å²) in [6.07, 6.45) is 4.60. The minimum atomic E-state index is -0.406. The molecule has 0 aromatic heterocycles. The van der Waals surface area contributed by atoms with Gasteiger partial charge in [0.2, 0.25) is 0 Å². The van der Waals surface area contributed by atoms with Crippen LogP contribution in [0.4, 0.5) is 0 Å². The lowest BCUT2D eigenvalue weighted by molar-refractivity contribution is -0.159. The molecule has 0 saturated heterocycles. The van der Waals surface area contributed by atoms with Crippen molar-refractivity contribution < 1.29 is 14.3 Å². The Morgan fingerprint density at radius 2 is 1.18 bits per heavy atom. The molecular weight excluding hydrogens is 480 g/mol. The van der Waals surface area contributed by atoms with Gasteiger partial charge in [-0.3, -0.25) is 4.79 Å². The molecular formula is C36H38O3. The van der Waals surface area contributed by atoms with Crippen molar-refractivity contribution in [2.75, 3.05) is 0 Å². The Morgan fingerprint density at radius 3 is 1.72 bits per heavy atom. The lowest BCUT2D eigenvalue weighted by Gasteiger charge is -2.35. The zero-order valence-electron chi connectivity index (χ0n) is 23.5. The minimum Gasteiger partial charge on any atom is -0.462 e. The Kier molecular flexibility index (Phi) is 6.81. The normalized spacial score (nSPS) is 19.1. The topological polar surface area (TPSA) is 35.5 Å². The van der Waals surface area contributed by atoms with Gasteiger partial charge < -0.3 is 9.47 Å². The third-order valence-electron chi connectivity index (χ3n) is 8.69. The Morgan fingerprint density at radius 1 is 0.718 bits per heavy atom. The van der Waals surface area contributed by atoms with Gasteiger partial charge in [-0.05, 0) is 137 Å². The molecule has 3 nitrogen and oxygen atoms in total. The first-order valence-electron chi connectivity index (χ1n) is 14.5. The average Bonchev–Trinajstić information content (AvgIpc) is 2.94. The predicted octanol–water partition coefficient (Wildman–Crippen LogP) is 9.45. The van der Waals surface area contributed by atoms with Crippen molar-refractivity contribution in [3.63, 3.8) is 0 Å². The number of ether oxygens (including phenoxy) is 2. The van der Waals surface area contributed by atoms with Crippen molar-refractivity contribution in [3.05, 3.63) is 84.4 Å². The molecule has 0 heterocycles. The van der Waals surface area contributed by atoms with Gasteiger partial charge in [-0.2, -0.15) is 0 Å². The van der Waals surface area contributed by atoms with E-state index in [2.05, 4.69) is 92.7 Å². The number of rotatable bonds is 6. The molecule has 1 unspecified atom stereocenters. The highest BCUT2D eigenvalue weighted by Crippen LogP contribution is 2.36. The lowest BCUT2D eigenvalue weighted by Crippen LogP contribution is -2.34. The summed E-state index contributed by atoms with van der Waals surface area (Å²) in [5.74, 6) is -0.0891. The quantitative estimate of drug-likeness (QED) is 0.166. The number of hydrogen-bond acceptors (Lipinski definition) is 3. The van der Waals surface area contributed by atoms with Crippen molar-refractivity contribution in [3.8, 4) is 0 Å². The minimum absolute atomic E-state index is 0.0254. The van der Waals surface area contributed by atoms with Crippen LogP contribution in [0.3, 0.4) is 0 Å². The van der Waals surface area contributed by atoms with Crippen LogP contribution in [0.1, 0.15) is 65.4 Å². The average molecular weight is 519 g/mol. The van der Waals surface area contributed by atoms with E-state index in [-0.39, 0.29) is 24.1 Å². The van der Waals surface area contributed by atoms with Crippen molar-refractivity contribution in [2.24, 2.45) is 5.92 Å². The largest absolute Gasteiger partial charge is 0.462 e. The highest BCUT2D eigenvalue weighted by molar-refractivity contribution is 6.08. The number of fused-ring (bicyclic) bond motifs is 4. The highest BCUT2D eigenvalue weighted by atomic mass is 16.5. The fraction of sp³-hybridized carbons (Fsp3) is 0.361. The van der Waals surface area contributed by atoms with Gasteiger partial charge in [0.15, 0.2) is 0 Å². The Labute approximate surface area is 231 Å². The molecule has 1 aliphatic carbocycles. The zero-order valence-corrected chi connectivity index (χ0v) is 23.5. The molecule has 0 amide bonds. The molecule has 39 heavy (non-hydrogen) atoms. The van der Waals surface area contributed by atoms with E-state index in [9.17, 15) is 4.79 Å². The van der Waals surface area contributed by atoms with Crippen molar-refractivity contribution in [1.29, 1.82) is 0 Å². The molecule has 3 heteroatoms. The summed E-state index contributed by atoms with van der Waals surface area (Å²) in [6.45, 7) is 8.30. The molecule has 6 rings (SSSR count).